The predicted molar refractivity (Wildman–Crippen MR) is 57.1 cm³/mol. The molecule has 2 heterocycles. The first kappa shape index (κ1) is 11.1. The number of nitrogens with zero attached hydrogens (tertiary/aromatic N) is 2. The molecule has 0 atom stereocenters. The van der Waals surface area contributed by atoms with Crippen LogP contribution < -0.4 is 0 Å². The molecule has 2 rings (SSSR count). The van der Waals surface area contributed by atoms with E-state index in [4.69, 9.17) is 9.63 Å². The molecule has 0 radical (unpaired) electrons. The van der Waals surface area contributed by atoms with Gasteiger partial charge in [-0.3, -0.25) is 4.79 Å². The highest BCUT2D eigenvalue weighted by Gasteiger charge is 2.33. The number of amides is 1. The molecule has 16 heavy (non-hydrogen) atoms. The van der Waals surface area contributed by atoms with Gasteiger partial charge in [0.05, 0.1) is 5.69 Å². The molecule has 0 spiro atoms. The van der Waals surface area contributed by atoms with E-state index < -0.39 is 0 Å². The molecule has 88 valence electrons. The fraction of sp³-hybridized carbons (Fsp3) is 0.636. The van der Waals surface area contributed by atoms with Crippen LogP contribution in [0.4, 0.5) is 0 Å². The van der Waals surface area contributed by atoms with Crippen LogP contribution in [0.2, 0.25) is 0 Å². The Bertz CT molecular complexity index is 394. The average molecular weight is 224 g/mol. The third-order valence-electron chi connectivity index (χ3n) is 2.98. The van der Waals surface area contributed by atoms with Gasteiger partial charge >= 0.3 is 0 Å². The summed E-state index contributed by atoms with van der Waals surface area (Å²) in [5, 5.41) is 12.8. The molecule has 1 aromatic heterocycles. The van der Waals surface area contributed by atoms with Crippen LogP contribution >= 0.6 is 0 Å². The lowest BCUT2D eigenvalue weighted by molar-refractivity contribution is 0.0359. The summed E-state index contributed by atoms with van der Waals surface area (Å²) in [4.78, 5) is 13.8. The highest BCUT2D eigenvalue weighted by molar-refractivity contribution is 5.96. The van der Waals surface area contributed by atoms with E-state index in [1.54, 1.807) is 11.8 Å². The molecule has 1 aliphatic heterocycles. The van der Waals surface area contributed by atoms with Gasteiger partial charge in [0.15, 0.2) is 0 Å². The van der Waals surface area contributed by atoms with Gasteiger partial charge in [-0.2, -0.15) is 0 Å². The van der Waals surface area contributed by atoms with Crippen molar-refractivity contribution in [1.29, 1.82) is 0 Å². The van der Waals surface area contributed by atoms with Crippen molar-refractivity contribution in [2.45, 2.75) is 20.3 Å². The summed E-state index contributed by atoms with van der Waals surface area (Å²) < 4.78 is 5.03. The summed E-state index contributed by atoms with van der Waals surface area (Å²) >= 11 is 0. The van der Waals surface area contributed by atoms with Gasteiger partial charge in [-0.05, 0) is 13.3 Å². The summed E-state index contributed by atoms with van der Waals surface area (Å²) in [5.74, 6) is 0.781. The van der Waals surface area contributed by atoms with Crippen LogP contribution in [0.15, 0.2) is 4.52 Å². The van der Waals surface area contributed by atoms with E-state index in [0.29, 0.717) is 30.8 Å². The molecule has 0 aliphatic carbocycles. The lowest BCUT2D eigenvalue weighted by Gasteiger charge is -2.38. The number of aromatic nitrogens is 1. The quantitative estimate of drug-likeness (QED) is 0.816. The second-order valence-corrected chi connectivity index (χ2v) is 4.17. The zero-order valence-electron chi connectivity index (χ0n) is 9.56. The molecule has 0 saturated carbocycles. The number of aryl methyl sites for hydroxylation is 2. The van der Waals surface area contributed by atoms with Crippen molar-refractivity contribution in [2.24, 2.45) is 5.92 Å². The standard InChI is InChI=1S/C11H16N2O3/c1-3-9-10(7(2)16-12-9)11(15)13-4-8(5-13)6-14/h8,14H,3-6H2,1-2H3. The molecule has 1 aliphatic rings. The average Bonchev–Trinajstić information content (AvgIpc) is 2.57. The second kappa shape index (κ2) is 4.25. The Labute approximate surface area is 94.0 Å². The molecule has 1 aromatic rings. The Morgan fingerprint density at radius 2 is 2.31 bits per heavy atom. The first-order chi connectivity index (χ1) is 7.67. The molecule has 1 amide bonds. The fourth-order valence-electron chi connectivity index (χ4n) is 1.94. The smallest absolute Gasteiger partial charge is 0.259 e. The Morgan fingerprint density at radius 3 is 2.88 bits per heavy atom. The Morgan fingerprint density at radius 1 is 1.62 bits per heavy atom. The molecular formula is C11H16N2O3. The van der Waals surface area contributed by atoms with Crippen molar-refractivity contribution in [2.75, 3.05) is 19.7 Å². The summed E-state index contributed by atoms with van der Waals surface area (Å²) in [5.41, 5.74) is 1.31. The van der Waals surface area contributed by atoms with Crippen molar-refractivity contribution >= 4 is 5.91 Å². The van der Waals surface area contributed by atoms with E-state index in [2.05, 4.69) is 5.16 Å². The van der Waals surface area contributed by atoms with Crippen LogP contribution in [-0.4, -0.2) is 40.8 Å². The molecule has 5 heteroatoms. The van der Waals surface area contributed by atoms with Crippen LogP contribution in [0.5, 0.6) is 0 Å². The maximum absolute atomic E-state index is 12.1. The lowest BCUT2D eigenvalue weighted by atomic mass is 9.99. The first-order valence-corrected chi connectivity index (χ1v) is 5.52. The molecule has 0 aromatic carbocycles. The predicted octanol–water partition coefficient (Wildman–Crippen LogP) is 0.610. The zero-order chi connectivity index (χ0) is 11.7. The Kier molecular flexibility index (Phi) is 2.96. The number of carbonyl (C=O) groups excluding carboxylic acids is 1. The molecule has 0 unspecified atom stereocenters. The number of hydrogen-bond acceptors (Lipinski definition) is 4. The van der Waals surface area contributed by atoms with E-state index in [9.17, 15) is 4.79 Å². The molecule has 0 bridgehead atoms. The van der Waals surface area contributed by atoms with Gasteiger partial charge in [0.2, 0.25) is 0 Å². The first-order valence-electron chi connectivity index (χ1n) is 5.52. The second-order valence-electron chi connectivity index (χ2n) is 4.17. The molecular weight excluding hydrogens is 208 g/mol. The minimum atomic E-state index is -0.0275. The topological polar surface area (TPSA) is 66.6 Å². The van der Waals surface area contributed by atoms with Crippen LogP contribution in [0.3, 0.4) is 0 Å². The maximum atomic E-state index is 12.1. The molecule has 1 N–H and O–H groups in total. The van der Waals surface area contributed by atoms with Crippen LogP contribution in [0.25, 0.3) is 0 Å². The minimum Gasteiger partial charge on any atom is -0.396 e. The molecule has 5 nitrogen and oxygen atoms in total. The van der Waals surface area contributed by atoms with Gasteiger partial charge < -0.3 is 14.5 Å². The van der Waals surface area contributed by atoms with E-state index in [-0.39, 0.29) is 18.4 Å². The third kappa shape index (κ3) is 1.71. The highest BCUT2D eigenvalue weighted by Crippen LogP contribution is 2.22. The third-order valence-corrected chi connectivity index (χ3v) is 2.98. The normalized spacial score (nSPS) is 16.3. The lowest BCUT2D eigenvalue weighted by Crippen LogP contribution is -2.51. The van der Waals surface area contributed by atoms with Gasteiger partial charge in [0.1, 0.15) is 11.3 Å². The van der Waals surface area contributed by atoms with Gasteiger partial charge in [0.25, 0.3) is 5.91 Å². The van der Waals surface area contributed by atoms with E-state index in [1.807, 2.05) is 6.92 Å². The van der Waals surface area contributed by atoms with Gasteiger partial charge in [0, 0.05) is 25.6 Å². The summed E-state index contributed by atoms with van der Waals surface area (Å²) in [6.45, 7) is 5.10. The van der Waals surface area contributed by atoms with Crippen molar-refractivity contribution in [3.8, 4) is 0 Å². The Hall–Kier alpha value is -1.36. The maximum Gasteiger partial charge on any atom is 0.259 e. The SMILES string of the molecule is CCc1noc(C)c1C(=O)N1CC(CO)C1. The van der Waals surface area contributed by atoms with E-state index in [1.165, 1.54) is 0 Å². The van der Waals surface area contributed by atoms with Crippen molar-refractivity contribution < 1.29 is 14.4 Å². The largest absolute Gasteiger partial charge is 0.396 e. The monoisotopic (exact) mass is 224 g/mol. The summed E-state index contributed by atoms with van der Waals surface area (Å²) in [6, 6.07) is 0. The van der Waals surface area contributed by atoms with Gasteiger partial charge in [-0.15, -0.1) is 0 Å². The number of rotatable bonds is 3. The molecule has 1 saturated heterocycles. The number of carbonyl (C=O) groups is 1. The van der Waals surface area contributed by atoms with Crippen molar-refractivity contribution in [3.05, 3.63) is 17.0 Å². The number of aliphatic hydroxyl groups excluding tert-OH is 1. The van der Waals surface area contributed by atoms with Gasteiger partial charge in [-0.25, -0.2) is 0 Å². The van der Waals surface area contributed by atoms with E-state index in [0.717, 1.165) is 5.69 Å². The van der Waals surface area contributed by atoms with Crippen LogP contribution in [-0.2, 0) is 6.42 Å². The minimum absolute atomic E-state index is 0.0275. The van der Waals surface area contributed by atoms with Crippen LogP contribution in [0, 0.1) is 12.8 Å². The fourth-order valence-corrected chi connectivity index (χ4v) is 1.94. The summed E-state index contributed by atoms with van der Waals surface area (Å²) in [7, 11) is 0. The Balaban J connectivity index is 2.12. The highest BCUT2D eigenvalue weighted by atomic mass is 16.5. The van der Waals surface area contributed by atoms with Crippen LogP contribution in [0.1, 0.15) is 28.7 Å². The van der Waals surface area contributed by atoms with E-state index >= 15 is 0 Å². The summed E-state index contributed by atoms with van der Waals surface area (Å²) in [6.07, 6.45) is 0.690. The van der Waals surface area contributed by atoms with Crippen molar-refractivity contribution in [3.63, 3.8) is 0 Å². The van der Waals surface area contributed by atoms with Gasteiger partial charge in [-0.1, -0.05) is 12.1 Å². The molecule has 1 fully saturated rings. The number of hydrogen-bond donors (Lipinski definition) is 1. The van der Waals surface area contributed by atoms with Crippen molar-refractivity contribution in [1.82, 2.24) is 10.1 Å². The number of likely N-dealkylation sites (tertiary alicyclic amines) is 1. The number of aliphatic hydroxyl groups is 1. The zero-order valence-corrected chi connectivity index (χ0v) is 9.56.